The molecule has 22 heavy (non-hydrogen) atoms. The second-order valence-corrected chi connectivity index (χ2v) is 6.70. The molecule has 0 saturated heterocycles. The molecule has 108 valence electrons. The van der Waals surface area contributed by atoms with Gasteiger partial charge in [-0.05, 0) is 17.5 Å². The zero-order valence-electron chi connectivity index (χ0n) is 11.6. The zero-order chi connectivity index (χ0) is 15.3. The molecule has 2 rings (SSSR count). The maximum absolute atomic E-state index is 11.4. The number of hydrogen-bond acceptors (Lipinski definition) is 7. The number of nitrogens with two attached hydrogens (primary N) is 1. The van der Waals surface area contributed by atoms with Crippen LogP contribution in [0.2, 0.25) is 0 Å². The van der Waals surface area contributed by atoms with Crippen LogP contribution in [0.1, 0.15) is 0 Å². The van der Waals surface area contributed by atoms with Gasteiger partial charge in [0.25, 0.3) is 10.1 Å². The minimum atomic E-state index is -4.94. The molecule has 0 radical (unpaired) electrons. The average Bonchev–Trinajstić information content (AvgIpc) is 2.30. The SMILES string of the molecule is Nc1c([O-])ccc2cc(S(=O)(=O)[O-])cc(S(=O)(=O)O)c12.[Na+].[Na+]. The van der Waals surface area contributed by atoms with E-state index in [-0.39, 0.29) is 69.9 Å². The molecular formula is C10H7NNa2O7S2. The van der Waals surface area contributed by atoms with Crippen LogP contribution in [-0.4, -0.2) is 25.9 Å². The van der Waals surface area contributed by atoms with Crippen LogP contribution in [0.5, 0.6) is 5.75 Å². The number of fused-ring (bicyclic) bond motifs is 1. The van der Waals surface area contributed by atoms with E-state index in [0.717, 1.165) is 18.2 Å². The zero-order valence-corrected chi connectivity index (χ0v) is 17.2. The van der Waals surface area contributed by atoms with Crippen molar-refractivity contribution >= 4 is 36.7 Å². The number of hydrogen-bond donors (Lipinski definition) is 2. The topological polar surface area (TPSA) is 161 Å². The van der Waals surface area contributed by atoms with Crippen molar-refractivity contribution in [1.29, 1.82) is 0 Å². The van der Waals surface area contributed by atoms with E-state index in [4.69, 9.17) is 10.3 Å². The third-order valence-corrected chi connectivity index (χ3v) is 4.31. The van der Waals surface area contributed by atoms with Crippen molar-refractivity contribution in [2.24, 2.45) is 0 Å². The second-order valence-electron chi connectivity index (χ2n) is 3.93. The van der Waals surface area contributed by atoms with Crippen molar-refractivity contribution in [3.8, 4) is 5.75 Å². The van der Waals surface area contributed by atoms with E-state index in [1.807, 2.05) is 0 Å². The Balaban J connectivity index is 0.00000220. The van der Waals surface area contributed by atoms with Gasteiger partial charge in [0.15, 0.2) is 0 Å². The third-order valence-electron chi connectivity index (χ3n) is 2.62. The predicted molar refractivity (Wildman–Crippen MR) is 65.6 cm³/mol. The molecule has 0 aromatic heterocycles. The Morgan fingerprint density at radius 2 is 1.59 bits per heavy atom. The third kappa shape index (κ3) is 4.35. The maximum atomic E-state index is 11.4. The molecule has 0 aliphatic heterocycles. The molecule has 0 aliphatic carbocycles. The number of anilines is 1. The van der Waals surface area contributed by atoms with E-state index in [1.165, 1.54) is 0 Å². The number of rotatable bonds is 2. The predicted octanol–water partition coefficient (Wildman–Crippen LogP) is -6.35. The molecule has 0 aliphatic rings. The van der Waals surface area contributed by atoms with Crippen molar-refractivity contribution in [1.82, 2.24) is 0 Å². The van der Waals surface area contributed by atoms with Crippen molar-refractivity contribution in [3.63, 3.8) is 0 Å². The van der Waals surface area contributed by atoms with Crippen LogP contribution < -0.4 is 70.0 Å². The summed E-state index contributed by atoms with van der Waals surface area (Å²) in [6.45, 7) is 0. The van der Waals surface area contributed by atoms with Gasteiger partial charge < -0.3 is 15.4 Å². The molecule has 12 heteroatoms. The van der Waals surface area contributed by atoms with Crippen LogP contribution >= 0.6 is 0 Å². The summed E-state index contributed by atoms with van der Waals surface area (Å²) in [5.74, 6) is -0.694. The van der Waals surface area contributed by atoms with Gasteiger partial charge >= 0.3 is 59.1 Å². The van der Waals surface area contributed by atoms with E-state index in [2.05, 4.69) is 0 Å². The van der Waals surface area contributed by atoms with Gasteiger partial charge in [0.1, 0.15) is 15.0 Å². The number of benzene rings is 2. The Morgan fingerprint density at radius 1 is 1.05 bits per heavy atom. The molecule has 8 nitrogen and oxygen atoms in total. The smallest absolute Gasteiger partial charge is 0.871 e. The van der Waals surface area contributed by atoms with E-state index in [0.29, 0.717) is 6.07 Å². The van der Waals surface area contributed by atoms with Crippen molar-refractivity contribution in [2.45, 2.75) is 9.79 Å². The average molecular weight is 363 g/mol. The molecule has 0 atom stereocenters. The minimum Gasteiger partial charge on any atom is -0.871 e. The Bertz CT molecular complexity index is 926. The summed E-state index contributed by atoms with van der Waals surface area (Å²) in [7, 11) is -9.82. The fourth-order valence-corrected chi connectivity index (χ4v) is 3.13. The molecule has 2 aromatic rings. The Morgan fingerprint density at radius 3 is 2.05 bits per heavy atom. The molecule has 0 heterocycles. The van der Waals surface area contributed by atoms with Crippen molar-refractivity contribution in [2.75, 3.05) is 5.73 Å². The van der Waals surface area contributed by atoms with Gasteiger partial charge in [-0.3, -0.25) is 4.55 Å². The van der Waals surface area contributed by atoms with Crippen LogP contribution in [0.15, 0.2) is 34.1 Å². The van der Waals surface area contributed by atoms with Crippen LogP contribution in [0, 0.1) is 0 Å². The largest absolute Gasteiger partial charge is 1.00 e. The summed E-state index contributed by atoms with van der Waals surface area (Å²) in [5.41, 5.74) is 4.99. The summed E-state index contributed by atoms with van der Waals surface area (Å²) in [4.78, 5) is -1.75. The van der Waals surface area contributed by atoms with E-state index >= 15 is 0 Å². The fourth-order valence-electron chi connectivity index (χ4n) is 1.76. The molecule has 2 aromatic carbocycles. The van der Waals surface area contributed by atoms with E-state index in [9.17, 15) is 26.5 Å². The Labute approximate surface area is 170 Å². The molecule has 0 unspecified atom stereocenters. The van der Waals surface area contributed by atoms with Gasteiger partial charge in [-0.15, -0.1) is 0 Å². The van der Waals surface area contributed by atoms with Crippen LogP contribution in [0.3, 0.4) is 0 Å². The minimum absolute atomic E-state index is 0. The first kappa shape index (κ1) is 22.1. The van der Waals surface area contributed by atoms with Gasteiger partial charge in [0.2, 0.25) is 0 Å². The van der Waals surface area contributed by atoms with Gasteiger partial charge in [-0.2, -0.15) is 8.42 Å². The summed E-state index contributed by atoms with van der Waals surface area (Å²) in [6, 6.07) is 3.45. The normalized spacial score (nSPS) is 11.5. The van der Waals surface area contributed by atoms with E-state index in [1.54, 1.807) is 0 Å². The van der Waals surface area contributed by atoms with Crippen molar-refractivity contribution in [3.05, 3.63) is 24.3 Å². The first-order valence-electron chi connectivity index (χ1n) is 4.98. The van der Waals surface area contributed by atoms with Crippen LogP contribution in [-0.2, 0) is 20.2 Å². The molecule has 0 spiro atoms. The summed E-state index contributed by atoms with van der Waals surface area (Å²) in [6.07, 6.45) is 0. The molecular weight excluding hydrogens is 356 g/mol. The molecule has 0 bridgehead atoms. The Hall–Kier alpha value is 0.120. The molecule has 0 fully saturated rings. The van der Waals surface area contributed by atoms with Gasteiger partial charge in [-0.1, -0.05) is 17.9 Å². The summed E-state index contributed by atoms with van der Waals surface area (Å²) >= 11 is 0. The quantitative estimate of drug-likeness (QED) is 0.303. The first-order valence-corrected chi connectivity index (χ1v) is 7.83. The Kier molecular flexibility index (Phi) is 7.38. The summed E-state index contributed by atoms with van der Waals surface area (Å²) < 4.78 is 64.6. The summed E-state index contributed by atoms with van der Waals surface area (Å²) in [5, 5.41) is 11.0. The second kappa shape index (κ2) is 7.34. The molecule has 0 saturated carbocycles. The molecule has 0 amide bonds. The van der Waals surface area contributed by atoms with Crippen LogP contribution in [0.25, 0.3) is 10.8 Å². The number of nitrogen functional groups attached to an aromatic ring is 1. The monoisotopic (exact) mass is 363 g/mol. The van der Waals surface area contributed by atoms with Crippen LogP contribution in [0.4, 0.5) is 5.69 Å². The first-order chi connectivity index (χ1) is 9.01. The maximum Gasteiger partial charge on any atom is 1.00 e. The van der Waals surface area contributed by atoms with Gasteiger partial charge in [0.05, 0.1) is 4.90 Å². The fraction of sp³-hybridized carbons (Fsp3) is 0. The van der Waals surface area contributed by atoms with Gasteiger partial charge in [0, 0.05) is 11.1 Å². The standard InChI is InChI=1S/C10H9NO7S2.2Na/c11-10-7(12)2-1-5-3-6(19(13,14)15)4-8(9(5)10)20(16,17)18;;/h1-4,12H,11H2,(H,13,14,15)(H,16,17,18);;/q;2*+1/p-2. The van der Waals surface area contributed by atoms with Crippen molar-refractivity contribution < 1.29 is 90.2 Å². The van der Waals surface area contributed by atoms with E-state index < -0.39 is 41.5 Å². The molecule has 3 N–H and O–H groups in total. The van der Waals surface area contributed by atoms with Gasteiger partial charge in [-0.25, -0.2) is 8.42 Å².